The fraction of sp³-hybridized carbons (Fsp3) is 0.500. The van der Waals surface area contributed by atoms with Crippen molar-refractivity contribution in [3.05, 3.63) is 49.1 Å². The van der Waals surface area contributed by atoms with E-state index >= 15 is 0 Å². The van der Waals surface area contributed by atoms with Crippen LogP contribution in [-0.4, -0.2) is 32.9 Å². The minimum Gasteiger partial charge on any atom is -0.332 e. The van der Waals surface area contributed by atoms with Crippen molar-refractivity contribution in [3.63, 3.8) is 0 Å². The summed E-state index contributed by atoms with van der Waals surface area (Å²) in [5, 5.41) is 0. The fourth-order valence-corrected chi connectivity index (χ4v) is 2.88. The molecule has 0 unspecified atom stereocenters. The molecule has 4 heteroatoms. The van der Waals surface area contributed by atoms with Gasteiger partial charge in [0.25, 0.3) is 5.91 Å². The topological polar surface area (TPSA) is 46.1 Å². The molecule has 1 saturated heterocycles. The van der Waals surface area contributed by atoms with Gasteiger partial charge in [0.2, 0.25) is 0 Å². The van der Waals surface area contributed by atoms with Crippen molar-refractivity contribution in [1.82, 2.24) is 14.9 Å². The summed E-state index contributed by atoms with van der Waals surface area (Å²) in [4.78, 5) is 23.3. The highest BCUT2D eigenvalue weighted by molar-refractivity contribution is 5.94. The highest BCUT2D eigenvalue weighted by atomic mass is 16.2. The van der Waals surface area contributed by atoms with E-state index in [1.807, 2.05) is 17.1 Å². The average molecular weight is 299 g/mol. The monoisotopic (exact) mass is 299 g/mol. The Balaban J connectivity index is 2.21. The molecule has 0 atom stereocenters. The summed E-state index contributed by atoms with van der Waals surface area (Å²) in [6.07, 6.45) is 9.58. The number of carbonyl (C=O) groups is 1. The van der Waals surface area contributed by atoms with Crippen molar-refractivity contribution in [1.29, 1.82) is 0 Å². The molecule has 1 aliphatic rings. The second kappa shape index (κ2) is 6.03. The summed E-state index contributed by atoms with van der Waals surface area (Å²) < 4.78 is 0. The number of aromatic nitrogens is 2. The summed E-state index contributed by atoms with van der Waals surface area (Å²) in [6, 6.07) is 0. The second-order valence-electron chi connectivity index (χ2n) is 6.96. The number of nitrogens with zero attached hydrogens (tertiary/aromatic N) is 3. The summed E-state index contributed by atoms with van der Waals surface area (Å²) in [7, 11) is 0. The molecule has 0 spiro atoms. The molecule has 2 rings (SSSR count). The molecule has 0 bridgehead atoms. The van der Waals surface area contributed by atoms with Crippen molar-refractivity contribution < 1.29 is 4.79 Å². The van der Waals surface area contributed by atoms with Gasteiger partial charge in [-0.05, 0) is 19.3 Å². The summed E-state index contributed by atoms with van der Waals surface area (Å²) in [5.41, 5.74) is 0.266. The first kappa shape index (κ1) is 16.4. The zero-order valence-corrected chi connectivity index (χ0v) is 13.8. The van der Waals surface area contributed by atoms with E-state index in [-0.39, 0.29) is 16.9 Å². The quantitative estimate of drug-likeness (QED) is 0.782. The number of amides is 1. The van der Waals surface area contributed by atoms with Crippen LogP contribution in [0.1, 0.15) is 56.2 Å². The van der Waals surface area contributed by atoms with E-state index in [2.05, 4.69) is 43.9 Å². The van der Waals surface area contributed by atoms with Crippen molar-refractivity contribution in [2.24, 2.45) is 0 Å². The van der Waals surface area contributed by atoms with Crippen LogP contribution in [0.3, 0.4) is 0 Å². The summed E-state index contributed by atoms with van der Waals surface area (Å²) >= 11 is 0. The minimum absolute atomic E-state index is 0.00425. The third-order valence-corrected chi connectivity index (χ3v) is 4.24. The molecule has 118 valence electrons. The number of hydrogen-bond donors (Lipinski definition) is 0. The first-order valence-corrected chi connectivity index (χ1v) is 7.70. The molecule has 0 saturated carbocycles. The maximum atomic E-state index is 12.7. The Hall–Kier alpha value is -1.97. The lowest BCUT2D eigenvalue weighted by molar-refractivity contribution is -0.000108. The lowest BCUT2D eigenvalue weighted by atomic mass is 9.78. The molecule has 0 aromatic carbocycles. The van der Waals surface area contributed by atoms with Crippen LogP contribution in [0.4, 0.5) is 0 Å². The van der Waals surface area contributed by atoms with E-state index in [1.165, 1.54) is 0 Å². The molecule has 1 aromatic heterocycles. The maximum absolute atomic E-state index is 12.7. The van der Waals surface area contributed by atoms with E-state index < -0.39 is 0 Å². The highest BCUT2D eigenvalue weighted by Gasteiger charge is 2.45. The Bertz CT molecular complexity index is 559. The Labute approximate surface area is 133 Å². The van der Waals surface area contributed by atoms with Gasteiger partial charge in [-0.15, -0.1) is 13.2 Å². The molecule has 2 heterocycles. The van der Waals surface area contributed by atoms with E-state index in [0.29, 0.717) is 5.56 Å². The number of rotatable bonds is 5. The van der Waals surface area contributed by atoms with Gasteiger partial charge in [-0.3, -0.25) is 4.79 Å². The molecule has 1 aliphatic heterocycles. The summed E-state index contributed by atoms with van der Waals surface area (Å²) in [5.74, 6) is 0.742. The fourth-order valence-electron chi connectivity index (χ4n) is 2.88. The van der Waals surface area contributed by atoms with Crippen LogP contribution < -0.4 is 0 Å². The van der Waals surface area contributed by atoms with Crippen molar-refractivity contribution in [3.8, 4) is 0 Å². The van der Waals surface area contributed by atoms with Gasteiger partial charge in [-0.1, -0.05) is 32.9 Å². The van der Waals surface area contributed by atoms with Crippen molar-refractivity contribution in [2.75, 3.05) is 6.54 Å². The zero-order valence-electron chi connectivity index (χ0n) is 13.8. The van der Waals surface area contributed by atoms with Crippen molar-refractivity contribution in [2.45, 2.75) is 51.0 Å². The largest absolute Gasteiger partial charge is 0.332 e. The average Bonchev–Trinajstić information content (AvgIpc) is 2.45. The molecule has 1 aromatic rings. The first-order valence-electron chi connectivity index (χ1n) is 7.70. The standard InChI is InChI=1S/C18H25N3O/c1-6-8-18(9-7-2)10-11-21(18)15(22)14-12-19-16(20-13-14)17(3,4)5/h6-7,12-13H,1-2,8-11H2,3-5H3. The highest BCUT2D eigenvalue weighted by Crippen LogP contribution is 2.38. The molecule has 0 radical (unpaired) electrons. The number of carbonyl (C=O) groups excluding carboxylic acids is 1. The normalized spacial score (nSPS) is 16.8. The molecule has 1 amide bonds. The van der Waals surface area contributed by atoms with Crippen molar-refractivity contribution >= 4 is 5.91 Å². The van der Waals surface area contributed by atoms with Gasteiger partial charge in [0, 0.05) is 24.4 Å². The Morgan fingerprint density at radius 2 is 1.82 bits per heavy atom. The van der Waals surface area contributed by atoms with Gasteiger partial charge >= 0.3 is 0 Å². The van der Waals surface area contributed by atoms with Crippen LogP contribution in [0.5, 0.6) is 0 Å². The number of hydrogen-bond acceptors (Lipinski definition) is 3. The smallest absolute Gasteiger partial charge is 0.257 e. The minimum atomic E-state index is -0.163. The Morgan fingerprint density at radius 1 is 1.27 bits per heavy atom. The van der Waals surface area contributed by atoms with Gasteiger partial charge in [0.1, 0.15) is 5.82 Å². The van der Waals surface area contributed by atoms with Gasteiger partial charge in [-0.2, -0.15) is 0 Å². The second-order valence-corrected chi connectivity index (χ2v) is 6.96. The molecular formula is C18H25N3O. The van der Waals surface area contributed by atoms with Gasteiger partial charge in [0.15, 0.2) is 0 Å². The lowest BCUT2D eigenvalue weighted by Gasteiger charge is -2.52. The third-order valence-electron chi connectivity index (χ3n) is 4.24. The van der Waals surface area contributed by atoms with Gasteiger partial charge in [-0.25, -0.2) is 9.97 Å². The number of likely N-dealkylation sites (tertiary alicyclic amines) is 1. The van der Waals surface area contributed by atoms with Crippen LogP contribution in [0.25, 0.3) is 0 Å². The van der Waals surface area contributed by atoms with Gasteiger partial charge < -0.3 is 4.90 Å². The van der Waals surface area contributed by atoms with Crippen LogP contribution in [-0.2, 0) is 5.41 Å². The lowest BCUT2D eigenvalue weighted by Crippen LogP contribution is -2.61. The molecule has 0 aliphatic carbocycles. The summed E-state index contributed by atoms with van der Waals surface area (Å²) in [6.45, 7) is 14.6. The van der Waals surface area contributed by atoms with E-state index in [1.54, 1.807) is 12.4 Å². The maximum Gasteiger partial charge on any atom is 0.257 e. The van der Waals surface area contributed by atoms with Crippen LogP contribution in [0.2, 0.25) is 0 Å². The predicted octanol–water partition coefficient (Wildman–Crippen LogP) is 3.51. The molecule has 22 heavy (non-hydrogen) atoms. The first-order chi connectivity index (χ1) is 10.3. The van der Waals surface area contributed by atoms with E-state index in [9.17, 15) is 4.79 Å². The van der Waals surface area contributed by atoms with Gasteiger partial charge in [0.05, 0.1) is 11.1 Å². The molecule has 1 fully saturated rings. The Morgan fingerprint density at radius 3 is 2.18 bits per heavy atom. The zero-order chi connectivity index (χ0) is 16.4. The molecule has 4 nitrogen and oxygen atoms in total. The molecule has 0 N–H and O–H groups in total. The Kier molecular flexibility index (Phi) is 4.50. The molecular weight excluding hydrogens is 274 g/mol. The third kappa shape index (κ3) is 2.96. The van der Waals surface area contributed by atoms with E-state index in [4.69, 9.17) is 0 Å². The van der Waals surface area contributed by atoms with Crippen LogP contribution >= 0.6 is 0 Å². The van der Waals surface area contributed by atoms with E-state index in [0.717, 1.165) is 31.6 Å². The SMILES string of the molecule is C=CCC1(CC=C)CCN1C(=O)c1cnc(C(C)(C)C)nc1. The van der Waals surface area contributed by atoms with Crippen LogP contribution in [0, 0.1) is 0 Å². The van der Waals surface area contributed by atoms with Crippen LogP contribution in [0.15, 0.2) is 37.7 Å². The predicted molar refractivity (Wildman–Crippen MR) is 88.7 cm³/mol.